The molecule has 0 N–H and O–H groups in total. The van der Waals surface area contributed by atoms with E-state index in [1.165, 1.54) is 17.6 Å². The van der Waals surface area contributed by atoms with Crippen molar-refractivity contribution in [2.24, 2.45) is 0 Å². The summed E-state index contributed by atoms with van der Waals surface area (Å²) in [7, 11) is 0. The smallest absolute Gasteiger partial charge is 0.0332 e. The van der Waals surface area contributed by atoms with Gasteiger partial charge in [-0.25, -0.2) is 0 Å². The molecule has 0 radical (unpaired) electrons. The molecule has 1 rings (SSSR count). The predicted molar refractivity (Wildman–Crippen MR) is 72.8 cm³/mol. The van der Waals surface area contributed by atoms with E-state index >= 15 is 0 Å². The van der Waals surface area contributed by atoms with Crippen LogP contribution in [-0.2, 0) is 0 Å². The molecule has 14 heavy (non-hydrogen) atoms. The third kappa shape index (κ3) is 3.45. The zero-order valence-electron chi connectivity index (χ0n) is 8.67. The lowest BCUT2D eigenvalue weighted by molar-refractivity contribution is 0.975. The van der Waals surface area contributed by atoms with E-state index in [1.54, 1.807) is 0 Å². The lowest BCUT2D eigenvalue weighted by Crippen LogP contribution is -1.99. The fourth-order valence-electron chi connectivity index (χ4n) is 1.57. The zero-order valence-corrected chi connectivity index (χ0v) is 10.8. The van der Waals surface area contributed by atoms with Crippen LogP contribution in [0.3, 0.4) is 0 Å². The Balaban J connectivity index is 2.69. The SMILES string of the molecule is C=CCC/C(=C\C)C1=CC(I)CC=C1. The van der Waals surface area contributed by atoms with Crippen LogP contribution in [-0.4, -0.2) is 3.92 Å². The molecule has 0 aromatic heterocycles. The van der Waals surface area contributed by atoms with Crippen LogP contribution < -0.4 is 0 Å². The van der Waals surface area contributed by atoms with E-state index in [9.17, 15) is 0 Å². The van der Waals surface area contributed by atoms with E-state index in [-0.39, 0.29) is 0 Å². The molecular formula is C13H17I. The second-order valence-electron chi connectivity index (χ2n) is 3.42. The summed E-state index contributed by atoms with van der Waals surface area (Å²) < 4.78 is 0.659. The summed E-state index contributed by atoms with van der Waals surface area (Å²) in [6.07, 6.45) is 14.4. The van der Waals surface area contributed by atoms with Crippen LogP contribution in [0.1, 0.15) is 26.2 Å². The third-order valence-electron chi connectivity index (χ3n) is 2.36. The average Bonchev–Trinajstić information content (AvgIpc) is 2.19. The van der Waals surface area contributed by atoms with Crippen LogP contribution in [0.2, 0.25) is 0 Å². The van der Waals surface area contributed by atoms with E-state index in [0.717, 1.165) is 12.8 Å². The van der Waals surface area contributed by atoms with Crippen LogP contribution in [0, 0.1) is 0 Å². The number of alkyl halides is 1. The summed E-state index contributed by atoms with van der Waals surface area (Å²) in [6, 6.07) is 0. The number of allylic oxidation sites excluding steroid dienone is 7. The van der Waals surface area contributed by atoms with Crippen LogP contribution in [0.25, 0.3) is 0 Å². The van der Waals surface area contributed by atoms with Gasteiger partial charge in [-0.2, -0.15) is 0 Å². The topological polar surface area (TPSA) is 0 Å². The first-order valence-corrected chi connectivity index (χ1v) is 6.31. The van der Waals surface area contributed by atoms with Crippen LogP contribution in [0.15, 0.2) is 48.1 Å². The van der Waals surface area contributed by atoms with Gasteiger partial charge in [-0.15, -0.1) is 6.58 Å². The Labute approximate surface area is 101 Å². The standard InChI is InChI=1S/C13H17I/c1-3-5-7-11(4-2)12-8-6-9-13(14)10-12/h3-4,6,8,10,13H,1,5,7,9H2,2H3/b11-4+. The van der Waals surface area contributed by atoms with Gasteiger partial charge in [0.05, 0.1) is 0 Å². The molecule has 1 aliphatic carbocycles. The van der Waals surface area contributed by atoms with E-state index in [0.29, 0.717) is 3.92 Å². The Hall–Kier alpha value is -0.310. The van der Waals surface area contributed by atoms with Crippen molar-refractivity contribution >= 4 is 22.6 Å². The van der Waals surface area contributed by atoms with Crippen molar-refractivity contribution in [2.75, 3.05) is 0 Å². The lowest BCUT2D eigenvalue weighted by Gasteiger charge is -2.13. The zero-order chi connectivity index (χ0) is 10.4. The molecular weight excluding hydrogens is 283 g/mol. The van der Waals surface area contributed by atoms with Gasteiger partial charge in [0.1, 0.15) is 0 Å². The van der Waals surface area contributed by atoms with E-state index in [2.05, 4.69) is 60.4 Å². The fourth-order valence-corrected chi connectivity index (χ4v) is 2.25. The van der Waals surface area contributed by atoms with E-state index in [4.69, 9.17) is 0 Å². The van der Waals surface area contributed by atoms with Crippen molar-refractivity contribution in [3.05, 3.63) is 48.1 Å². The maximum atomic E-state index is 3.76. The summed E-state index contributed by atoms with van der Waals surface area (Å²) in [5.41, 5.74) is 2.85. The minimum Gasteiger partial charge on any atom is -0.103 e. The fraction of sp³-hybridized carbons (Fsp3) is 0.385. The van der Waals surface area contributed by atoms with Crippen molar-refractivity contribution in [1.82, 2.24) is 0 Å². The van der Waals surface area contributed by atoms with Crippen molar-refractivity contribution in [3.63, 3.8) is 0 Å². The van der Waals surface area contributed by atoms with Gasteiger partial charge in [0.25, 0.3) is 0 Å². The highest BCUT2D eigenvalue weighted by atomic mass is 127. The molecule has 0 saturated heterocycles. The van der Waals surface area contributed by atoms with Gasteiger partial charge in [0.15, 0.2) is 0 Å². The second kappa shape index (κ2) is 6.23. The summed E-state index contributed by atoms with van der Waals surface area (Å²) in [5.74, 6) is 0. The van der Waals surface area contributed by atoms with Gasteiger partial charge >= 0.3 is 0 Å². The normalized spacial score (nSPS) is 22.0. The molecule has 0 nitrogen and oxygen atoms in total. The Kier molecular flexibility index (Phi) is 5.23. The third-order valence-corrected chi connectivity index (χ3v) is 3.22. The second-order valence-corrected chi connectivity index (χ2v) is 5.02. The minimum absolute atomic E-state index is 0.659. The first-order valence-electron chi connectivity index (χ1n) is 5.06. The highest BCUT2D eigenvalue weighted by Gasteiger charge is 2.08. The Bertz CT molecular complexity index is 282. The maximum absolute atomic E-state index is 3.76. The van der Waals surface area contributed by atoms with Crippen molar-refractivity contribution in [3.8, 4) is 0 Å². The van der Waals surface area contributed by atoms with Crippen LogP contribution in [0.4, 0.5) is 0 Å². The summed E-state index contributed by atoms with van der Waals surface area (Å²) in [6.45, 7) is 5.88. The average molecular weight is 300 g/mol. The molecule has 1 unspecified atom stereocenters. The lowest BCUT2D eigenvalue weighted by atomic mass is 9.96. The van der Waals surface area contributed by atoms with Crippen LogP contribution >= 0.6 is 22.6 Å². The highest BCUT2D eigenvalue weighted by Crippen LogP contribution is 2.25. The molecule has 0 amide bonds. The molecule has 1 aliphatic rings. The van der Waals surface area contributed by atoms with E-state index in [1.807, 2.05) is 6.08 Å². The predicted octanol–water partition coefficient (Wildman–Crippen LogP) is 4.59. The number of halogens is 1. The maximum Gasteiger partial charge on any atom is 0.0332 e. The molecule has 0 saturated carbocycles. The van der Waals surface area contributed by atoms with Crippen molar-refractivity contribution in [1.29, 1.82) is 0 Å². The molecule has 76 valence electrons. The molecule has 1 atom stereocenters. The largest absolute Gasteiger partial charge is 0.103 e. The molecule has 0 spiro atoms. The van der Waals surface area contributed by atoms with Gasteiger partial charge in [-0.1, -0.05) is 53.0 Å². The monoisotopic (exact) mass is 300 g/mol. The molecule has 0 fully saturated rings. The molecule has 0 aromatic carbocycles. The summed E-state index contributed by atoms with van der Waals surface area (Å²) in [4.78, 5) is 0. The Morgan fingerprint density at radius 2 is 2.50 bits per heavy atom. The van der Waals surface area contributed by atoms with Gasteiger partial charge in [-0.05, 0) is 37.3 Å². The van der Waals surface area contributed by atoms with Gasteiger partial charge in [-0.3, -0.25) is 0 Å². The molecule has 0 heterocycles. The number of hydrogen-bond acceptors (Lipinski definition) is 0. The van der Waals surface area contributed by atoms with E-state index < -0.39 is 0 Å². The van der Waals surface area contributed by atoms with Crippen molar-refractivity contribution in [2.45, 2.75) is 30.1 Å². The number of hydrogen-bond donors (Lipinski definition) is 0. The van der Waals surface area contributed by atoms with Gasteiger partial charge in [0.2, 0.25) is 0 Å². The van der Waals surface area contributed by atoms with Crippen LogP contribution in [0.5, 0.6) is 0 Å². The Morgan fingerprint density at radius 3 is 3.07 bits per heavy atom. The van der Waals surface area contributed by atoms with Gasteiger partial charge < -0.3 is 0 Å². The highest BCUT2D eigenvalue weighted by molar-refractivity contribution is 14.1. The van der Waals surface area contributed by atoms with Crippen molar-refractivity contribution < 1.29 is 0 Å². The molecule has 0 bridgehead atoms. The van der Waals surface area contributed by atoms with Gasteiger partial charge in [0, 0.05) is 3.92 Å². The molecule has 0 aliphatic heterocycles. The first-order chi connectivity index (χ1) is 6.77. The quantitative estimate of drug-likeness (QED) is 0.405. The molecule has 1 heteroatoms. The summed E-state index contributed by atoms with van der Waals surface area (Å²) >= 11 is 2.48. The Morgan fingerprint density at radius 1 is 1.71 bits per heavy atom. The number of rotatable bonds is 4. The summed E-state index contributed by atoms with van der Waals surface area (Å²) in [5, 5.41) is 0. The minimum atomic E-state index is 0.659. The first kappa shape index (κ1) is 11.8. The molecule has 0 aromatic rings.